The van der Waals surface area contributed by atoms with Gasteiger partial charge >= 0.3 is 0 Å². The number of nitrogens with zero attached hydrogens (tertiary/aromatic N) is 2. The summed E-state index contributed by atoms with van der Waals surface area (Å²) >= 11 is 0. The van der Waals surface area contributed by atoms with Gasteiger partial charge in [-0.25, -0.2) is 13.8 Å². The molecule has 3 aromatic rings. The van der Waals surface area contributed by atoms with Crippen LogP contribution in [0.15, 0.2) is 42.5 Å². The molecule has 3 rings (SSSR count). The molecule has 124 valence electrons. The van der Waals surface area contributed by atoms with E-state index < -0.39 is 11.6 Å². The van der Waals surface area contributed by atoms with Crippen LogP contribution in [0.1, 0.15) is 16.7 Å². The van der Waals surface area contributed by atoms with E-state index in [0.717, 1.165) is 28.8 Å². The van der Waals surface area contributed by atoms with E-state index in [9.17, 15) is 14.0 Å². The number of benzene rings is 2. The molecule has 0 radical (unpaired) electrons. The number of pyridine rings is 1. The first-order valence-electron chi connectivity index (χ1n) is 7.64. The van der Waals surface area contributed by atoms with Gasteiger partial charge in [0.2, 0.25) is 0 Å². The number of rotatable bonds is 2. The Kier molecular flexibility index (Phi) is 4.20. The van der Waals surface area contributed by atoms with E-state index in [-0.39, 0.29) is 16.9 Å². The average molecular weight is 335 g/mol. The molecule has 0 saturated carbocycles. The molecule has 0 unspecified atom stereocenters. The number of halogens is 2. The maximum absolute atomic E-state index is 14.2. The number of hydrogen-bond donors (Lipinski definition) is 1. The summed E-state index contributed by atoms with van der Waals surface area (Å²) in [6.07, 6.45) is 0. The molecule has 2 N–H and O–H groups in total. The topological polar surface area (TPSA) is 62.7 Å². The van der Waals surface area contributed by atoms with Crippen molar-refractivity contribution < 1.29 is 8.78 Å². The Morgan fingerprint density at radius 2 is 1.72 bits per heavy atom. The minimum Gasteiger partial charge on any atom is -0.383 e. The van der Waals surface area contributed by atoms with Gasteiger partial charge in [-0.2, -0.15) is 5.26 Å². The van der Waals surface area contributed by atoms with Crippen LogP contribution in [-0.2, 0) is 0 Å². The predicted molar refractivity (Wildman–Crippen MR) is 93.6 cm³/mol. The molecule has 0 fully saturated rings. The van der Waals surface area contributed by atoms with E-state index in [1.807, 2.05) is 38.1 Å². The number of aryl methyl sites for hydroxylation is 2. The summed E-state index contributed by atoms with van der Waals surface area (Å²) in [5, 5.41) is 9.38. The Morgan fingerprint density at radius 3 is 2.36 bits per heavy atom. The summed E-state index contributed by atoms with van der Waals surface area (Å²) in [6.45, 7) is 3.98. The lowest BCUT2D eigenvalue weighted by Gasteiger charge is -2.12. The number of hydrogen-bond acceptors (Lipinski definition) is 3. The summed E-state index contributed by atoms with van der Waals surface area (Å²) < 4.78 is 27.4. The zero-order chi connectivity index (χ0) is 18.1. The highest BCUT2D eigenvalue weighted by atomic mass is 19.1. The van der Waals surface area contributed by atoms with E-state index in [1.54, 1.807) is 6.07 Å². The van der Waals surface area contributed by atoms with E-state index in [4.69, 9.17) is 5.73 Å². The summed E-state index contributed by atoms with van der Waals surface area (Å²) in [6, 6.07) is 12.6. The molecule has 0 aliphatic carbocycles. The van der Waals surface area contributed by atoms with Crippen LogP contribution in [0, 0.1) is 36.8 Å². The SMILES string of the molecule is Cc1ccc(-c2cc(-c3ccc(F)cc3F)c(C#N)c(N)n2)cc1C. The molecule has 0 atom stereocenters. The van der Waals surface area contributed by atoms with Crippen molar-refractivity contribution in [2.45, 2.75) is 13.8 Å². The molecule has 0 amide bonds. The third-order valence-electron chi connectivity index (χ3n) is 4.18. The van der Waals surface area contributed by atoms with Gasteiger partial charge in [0.15, 0.2) is 0 Å². The quantitative estimate of drug-likeness (QED) is 0.734. The van der Waals surface area contributed by atoms with E-state index in [0.29, 0.717) is 11.3 Å². The lowest BCUT2D eigenvalue weighted by molar-refractivity contribution is 0.585. The molecule has 0 saturated heterocycles. The molecule has 2 aromatic carbocycles. The van der Waals surface area contributed by atoms with Crippen molar-refractivity contribution >= 4 is 5.82 Å². The second kappa shape index (κ2) is 6.33. The number of anilines is 1. The van der Waals surface area contributed by atoms with E-state index >= 15 is 0 Å². The van der Waals surface area contributed by atoms with Gasteiger partial charge in [-0.3, -0.25) is 0 Å². The third kappa shape index (κ3) is 3.07. The lowest BCUT2D eigenvalue weighted by atomic mass is 9.97. The molecule has 0 aliphatic rings. The predicted octanol–water partition coefficient (Wildman–Crippen LogP) is 4.76. The van der Waals surface area contributed by atoms with Gasteiger partial charge in [0.25, 0.3) is 0 Å². The Labute approximate surface area is 144 Å². The Morgan fingerprint density at radius 1 is 0.960 bits per heavy atom. The molecule has 3 nitrogen and oxygen atoms in total. The fraction of sp³-hybridized carbons (Fsp3) is 0.100. The summed E-state index contributed by atoms with van der Waals surface area (Å²) in [5.74, 6) is -1.43. The molecular weight excluding hydrogens is 320 g/mol. The first-order chi connectivity index (χ1) is 11.9. The smallest absolute Gasteiger partial charge is 0.142 e. The van der Waals surface area contributed by atoms with E-state index in [2.05, 4.69) is 4.98 Å². The highest BCUT2D eigenvalue weighted by Gasteiger charge is 2.17. The highest BCUT2D eigenvalue weighted by molar-refractivity contribution is 5.80. The van der Waals surface area contributed by atoms with Crippen molar-refractivity contribution in [1.82, 2.24) is 4.98 Å². The van der Waals surface area contributed by atoms with Gasteiger partial charge in [-0.1, -0.05) is 12.1 Å². The Bertz CT molecular complexity index is 1020. The lowest BCUT2D eigenvalue weighted by Crippen LogP contribution is -2.01. The molecule has 0 aliphatic heterocycles. The first kappa shape index (κ1) is 16.6. The average Bonchev–Trinajstić information content (AvgIpc) is 2.56. The van der Waals surface area contributed by atoms with Gasteiger partial charge in [0, 0.05) is 22.8 Å². The third-order valence-corrected chi connectivity index (χ3v) is 4.18. The van der Waals surface area contributed by atoms with Crippen molar-refractivity contribution in [1.29, 1.82) is 5.26 Å². The minimum atomic E-state index is -0.756. The molecule has 0 spiro atoms. The van der Waals surface area contributed by atoms with Crippen LogP contribution in [0.5, 0.6) is 0 Å². The summed E-state index contributed by atoms with van der Waals surface area (Å²) in [7, 11) is 0. The van der Waals surface area contributed by atoms with Crippen molar-refractivity contribution in [2.24, 2.45) is 0 Å². The number of nitrogens with two attached hydrogens (primary N) is 1. The van der Waals surface area contributed by atoms with Crippen LogP contribution >= 0.6 is 0 Å². The zero-order valence-electron chi connectivity index (χ0n) is 13.8. The maximum atomic E-state index is 14.2. The molecular formula is C20H15F2N3. The van der Waals surface area contributed by atoms with Gasteiger partial charge in [-0.05, 0) is 49.2 Å². The molecule has 25 heavy (non-hydrogen) atoms. The van der Waals surface area contributed by atoms with Crippen molar-refractivity contribution in [3.05, 3.63) is 70.8 Å². The monoisotopic (exact) mass is 335 g/mol. The zero-order valence-corrected chi connectivity index (χ0v) is 13.8. The standard InChI is InChI=1S/C20H15F2N3/c1-11-3-4-13(7-12(11)2)19-9-16(17(10-23)20(24)25-19)15-6-5-14(21)8-18(15)22/h3-9H,1-2H3,(H2,24,25). The fourth-order valence-corrected chi connectivity index (χ4v) is 2.65. The van der Waals surface area contributed by atoms with Crippen LogP contribution in [0.4, 0.5) is 14.6 Å². The molecule has 0 bridgehead atoms. The first-order valence-corrected chi connectivity index (χ1v) is 7.64. The summed E-state index contributed by atoms with van der Waals surface area (Å²) in [4.78, 5) is 4.28. The second-order valence-corrected chi connectivity index (χ2v) is 5.85. The van der Waals surface area contributed by atoms with Crippen molar-refractivity contribution in [2.75, 3.05) is 5.73 Å². The van der Waals surface area contributed by atoms with Crippen molar-refractivity contribution in [3.8, 4) is 28.5 Å². The number of nitrogen functional groups attached to an aromatic ring is 1. The maximum Gasteiger partial charge on any atom is 0.142 e. The highest BCUT2D eigenvalue weighted by Crippen LogP contribution is 2.33. The van der Waals surface area contributed by atoms with Crippen molar-refractivity contribution in [3.63, 3.8) is 0 Å². The molecule has 5 heteroatoms. The Hall–Kier alpha value is -3.26. The van der Waals surface area contributed by atoms with Crippen LogP contribution in [-0.4, -0.2) is 4.98 Å². The van der Waals surface area contributed by atoms with Crippen LogP contribution in [0.3, 0.4) is 0 Å². The fourth-order valence-electron chi connectivity index (χ4n) is 2.65. The summed E-state index contributed by atoms with van der Waals surface area (Å²) in [5.41, 5.74) is 9.94. The molecule has 1 heterocycles. The van der Waals surface area contributed by atoms with Gasteiger partial charge in [0.1, 0.15) is 29.1 Å². The molecule has 1 aromatic heterocycles. The van der Waals surface area contributed by atoms with E-state index in [1.165, 1.54) is 6.07 Å². The number of nitriles is 1. The van der Waals surface area contributed by atoms with Gasteiger partial charge < -0.3 is 5.73 Å². The largest absolute Gasteiger partial charge is 0.383 e. The van der Waals surface area contributed by atoms with Gasteiger partial charge in [0.05, 0.1) is 5.69 Å². The Balaban J connectivity index is 2.26. The van der Waals surface area contributed by atoms with Crippen LogP contribution < -0.4 is 5.73 Å². The second-order valence-electron chi connectivity index (χ2n) is 5.85. The normalized spacial score (nSPS) is 10.5. The number of aromatic nitrogens is 1. The van der Waals surface area contributed by atoms with Crippen LogP contribution in [0.25, 0.3) is 22.4 Å². The minimum absolute atomic E-state index is 0.0111. The van der Waals surface area contributed by atoms with Crippen LogP contribution in [0.2, 0.25) is 0 Å². The van der Waals surface area contributed by atoms with Gasteiger partial charge in [-0.15, -0.1) is 0 Å².